The van der Waals surface area contributed by atoms with Crippen molar-refractivity contribution in [3.8, 4) is 29.6 Å². The summed E-state index contributed by atoms with van der Waals surface area (Å²) in [7, 11) is 4.84. The van der Waals surface area contributed by atoms with Gasteiger partial charge < -0.3 is 14.2 Å². The summed E-state index contributed by atoms with van der Waals surface area (Å²) in [4.78, 5) is 0. The second-order valence-corrected chi connectivity index (χ2v) is 3.21. The molecule has 0 aromatic heterocycles. The van der Waals surface area contributed by atoms with E-state index in [0.29, 0.717) is 12.2 Å². The maximum atomic E-state index is 5.30. The van der Waals surface area contributed by atoms with Gasteiger partial charge in [-0.2, -0.15) is 0 Å². The van der Waals surface area contributed by atoms with E-state index in [2.05, 4.69) is 5.92 Å². The summed E-state index contributed by atoms with van der Waals surface area (Å²) in [6.45, 7) is 0. The van der Waals surface area contributed by atoms with Crippen molar-refractivity contribution in [2.24, 2.45) is 0 Å². The summed E-state index contributed by atoms with van der Waals surface area (Å²) in [6, 6.07) is 3.66. The van der Waals surface area contributed by atoms with Gasteiger partial charge in [-0.1, -0.05) is 0 Å². The molecule has 0 spiro atoms. The molecule has 0 N–H and O–H groups in total. The number of hydrogen-bond donors (Lipinski definition) is 0. The van der Waals surface area contributed by atoms with Gasteiger partial charge in [0.05, 0.1) is 21.3 Å². The van der Waals surface area contributed by atoms with Gasteiger partial charge in [-0.05, 0) is 6.42 Å². The number of hydrogen-bond acceptors (Lipinski definition) is 3. The van der Waals surface area contributed by atoms with Crippen molar-refractivity contribution in [2.45, 2.75) is 12.8 Å². The number of ether oxygens (including phenoxy) is 3. The second-order valence-electron chi connectivity index (χ2n) is 3.21. The Kier molecular flexibility index (Phi) is 4.53. The van der Waals surface area contributed by atoms with E-state index in [1.165, 1.54) is 0 Å². The highest BCUT2D eigenvalue weighted by molar-refractivity contribution is 5.50. The SMILES string of the molecule is C#CCCc1c(OC)cc(OC)cc1OC. The Morgan fingerprint density at radius 1 is 1.06 bits per heavy atom. The smallest absolute Gasteiger partial charge is 0.129 e. The first kappa shape index (κ1) is 12.3. The van der Waals surface area contributed by atoms with Crippen LogP contribution in [0.1, 0.15) is 12.0 Å². The highest BCUT2D eigenvalue weighted by atomic mass is 16.5. The highest BCUT2D eigenvalue weighted by Crippen LogP contribution is 2.34. The van der Waals surface area contributed by atoms with Crippen LogP contribution in [0.5, 0.6) is 17.2 Å². The standard InChI is InChI=1S/C13H16O3/c1-5-6-7-11-12(15-3)8-10(14-2)9-13(11)16-4/h1,8-9H,6-7H2,2-4H3. The molecule has 0 saturated heterocycles. The fourth-order valence-electron chi connectivity index (χ4n) is 1.52. The zero-order valence-corrected chi connectivity index (χ0v) is 9.87. The van der Waals surface area contributed by atoms with Gasteiger partial charge in [-0.25, -0.2) is 0 Å². The van der Waals surface area contributed by atoms with Crippen LogP contribution in [0.25, 0.3) is 0 Å². The lowest BCUT2D eigenvalue weighted by molar-refractivity contribution is 0.369. The third-order valence-electron chi connectivity index (χ3n) is 2.34. The third kappa shape index (κ3) is 2.60. The second kappa shape index (κ2) is 5.92. The minimum absolute atomic E-state index is 0.652. The molecule has 86 valence electrons. The number of rotatable bonds is 5. The summed E-state index contributed by atoms with van der Waals surface area (Å²) in [6.07, 6.45) is 6.64. The molecule has 16 heavy (non-hydrogen) atoms. The lowest BCUT2D eigenvalue weighted by Gasteiger charge is -2.14. The van der Waals surface area contributed by atoms with Crippen LogP contribution in [-0.4, -0.2) is 21.3 Å². The molecule has 0 unspecified atom stereocenters. The first-order valence-corrected chi connectivity index (χ1v) is 4.99. The fourth-order valence-corrected chi connectivity index (χ4v) is 1.52. The molecule has 1 aromatic rings. The van der Waals surface area contributed by atoms with Crippen LogP contribution in [-0.2, 0) is 6.42 Å². The molecule has 0 aliphatic carbocycles. The molecule has 0 aliphatic rings. The van der Waals surface area contributed by atoms with Crippen molar-refractivity contribution in [3.63, 3.8) is 0 Å². The van der Waals surface area contributed by atoms with Crippen LogP contribution in [0.15, 0.2) is 12.1 Å². The molecule has 0 amide bonds. The van der Waals surface area contributed by atoms with E-state index in [0.717, 1.165) is 23.5 Å². The van der Waals surface area contributed by atoms with Crippen LogP contribution in [0, 0.1) is 12.3 Å². The highest BCUT2D eigenvalue weighted by Gasteiger charge is 2.12. The summed E-state index contributed by atoms with van der Waals surface area (Å²) in [5.41, 5.74) is 0.976. The predicted molar refractivity (Wildman–Crippen MR) is 63.3 cm³/mol. The van der Waals surface area contributed by atoms with Gasteiger partial charge in [0, 0.05) is 24.1 Å². The van der Waals surface area contributed by atoms with E-state index >= 15 is 0 Å². The average molecular weight is 220 g/mol. The van der Waals surface area contributed by atoms with Gasteiger partial charge in [0.25, 0.3) is 0 Å². The molecule has 3 heteroatoms. The first-order chi connectivity index (χ1) is 7.76. The van der Waals surface area contributed by atoms with Crippen LogP contribution in [0.3, 0.4) is 0 Å². The lowest BCUT2D eigenvalue weighted by atomic mass is 10.1. The molecule has 0 bridgehead atoms. The lowest BCUT2D eigenvalue weighted by Crippen LogP contribution is -1.98. The van der Waals surface area contributed by atoms with Gasteiger partial charge in [0.15, 0.2) is 0 Å². The van der Waals surface area contributed by atoms with Crippen molar-refractivity contribution in [3.05, 3.63) is 17.7 Å². The molecule has 3 nitrogen and oxygen atoms in total. The third-order valence-corrected chi connectivity index (χ3v) is 2.34. The van der Waals surface area contributed by atoms with Crippen LogP contribution >= 0.6 is 0 Å². The first-order valence-electron chi connectivity index (χ1n) is 4.99. The zero-order chi connectivity index (χ0) is 12.0. The molecule has 0 radical (unpaired) electrons. The number of methoxy groups -OCH3 is 3. The van der Waals surface area contributed by atoms with Crippen LogP contribution in [0.4, 0.5) is 0 Å². The normalized spacial score (nSPS) is 9.38. The van der Waals surface area contributed by atoms with E-state index in [1.54, 1.807) is 21.3 Å². The predicted octanol–water partition coefficient (Wildman–Crippen LogP) is 2.28. The molecule has 0 fully saturated rings. The molecule has 0 heterocycles. The van der Waals surface area contributed by atoms with Crippen molar-refractivity contribution < 1.29 is 14.2 Å². The average Bonchev–Trinajstić information content (AvgIpc) is 2.35. The van der Waals surface area contributed by atoms with Gasteiger partial charge in [0.1, 0.15) is 17.2 Å². The summed E-state index contributed by atoms with van der Waals surface area (Å²) < 4.78 is 15.8. The van der Waals surface area contributed by atoms with Crippen molar-refractivity contribution >= 4 is 0 Å². The van der Waals surface area contributed by atoms with Gasteiger partial charge >= 0.3 is 0 Å². The Labute approximate surface area is 96.3 Å². The van der Waals surface area contributed by atoms with E-state index in [-0.39, 0.29) is 0 Å². The Hall–Kier alpha value is -1.82. The molecule has 0 aliphatic heterocycles. The quantitative estimate of drug-likeness (QED) is 0.712. The Morgan fingerprint density at radius 3 is 2.00 bits per heavy atom. The maximum absolute atomic E-state index is 5.30. The fraction of sp³-hybridized carbons (Fsp3) is 0.385. The van der Waals surface area contributed by atoms with Gasteiger partial charge in [-0.15, -0.1) is 12.3 Å². The molecule has 1 aromatic carbocycles. The molecular formula is C13H16O3. The minimum Gasteiger partial charge on any atom is -0.496 e. The molecule has 0 atom stereocenters. The number of terminal acetylenes is 1. The number of benzene rings is 1. The largest absolute Gasteiger partial charge is 0.496 e. The van der Waals surface area contributed by atoms with Crippen molar-refractivity contribution in [1.29, 1.82) is 0 Å². The summed E-state index contributed by atoms with van der Waals surface area (Å²) in [5.74, 6) is 4.80. The van der Waals surface area contributed by atoms with Gasteiger partial charge in [0.2, 0.25) is 0 Å². The van der Waals surface area contributed by atoms with E-state index < -0.39 is 0 Å². The van der Waals surface area contributed by atoms with Crippen LogP contribution in [0.2, 0.25) is 0 Å². The monoisotopic (exact) mass is 220 g/mol. The Bertz CT molecular complexity index is 366. The van der Waals surface area contributed by atoms with E-state index in [4.69, 9.17) is 20.6 Å². The van der Waals surface area contributed by atoms with Crippen LogP contribution < -0.4 is 14.2 Å². The maximum Gasteiger partial charge on any atom is 0.129 e. The molecule has 0 saturated carbocycles. The Balaban J connectivity index is 3.15. The Morgan fingerprint density at radius 2 is 1.62 bits per heavy atom. The van der Waals surface area contributed by atoms with Crippen molar-refractivity contribution in [1.82, 2.24) is 0 Å². The van der Waals surface area contributed by atoms with Gasteiger partial charge in [-0.3, -0.25) is 0 Å². The van der Waals surface area contributed by atoms with Crippen molar-refractivity contribution in [2.75, 3.05) is 21.3 Å². The van der Waals surface area contributed by atoms with E-state index in [9.17, 15) is 0 Å². The van der Waals surface area contributed by atoms with E-state index in [1.807, 2.05) is 12.1 Å². The summed E-state index contributed by atoms with van der Waals surface area (Å²) in [5, 5.41) is 0. The summed E-state index contributed by atoms with van der Waals surface area (Å²) >= 11 is 0. The molecular weight excluding hydrogens is 204 g/mol. The minimum atomic E-state index is 0.652. The zero-order valence-electron chi connectivity index (χ0n) is 9.87. The topological polar surface area (TPSA) is 27.7 Å². The molecule has 1 rings (SSSR count).